The lowest BCUT2D eigenvalue weighted by molar-refractivity contribution is -0.118. The fraction of sp³-hybridized carbons (Fsp3) is 0.130. The van der Waals surface area contributed by atoms with Gasteiger partial charge in [-0.3, -0.25) is 9.52 Å². The Morgan fingerprint density at radius 2 is 1.61 bits per heavy atom. The van der Waals surface area contributed by atoms with Gasteiger partial charge in [0.2, 0.25) is 0 Å². The fourth-order valence-electron chi connectivity index (χ4n) is 2.85. The number of para-hydroxylation sites is 2. The first-order chi connectivity index (χ1) is 15.9. The predicted molar refractivity (Wildman–Crippen MR) is 122 cm³/mol. The molecule has 3 aromatic rings. The summed E-state index contributed by atoms with van der Waals surface area (Å²) in [6.45, 7) is -0.328. The van der Waals surface area contributed by atoms with E-state index >= 15 is 0 Å². The van der Waals surface area contributed by atoms with E-state index in [0.29, 0.717) is 17.1 Å². The molecule has 0 bridgehead atoms. The van der Waals surface area contributed by atoms with E-state index in [1.54, 1.807) is 48.5 Å². The van der Waals surface area contributed by atoms with Crippen molar-refractivity contribution in [2.24, 2.45) is 0 Å². The van der Waals surface area contributed by atoms with Crippen LogP contribution in [-0.2, 0) is 14.8 Å². The van der Waals surface area contributed by atoms with E-state index in [9.17, 15) is 13.2 Å². The summed E-state index contributed by atoms with van der Waals surface area (Å²) >= 11 is 0. The van der Waals surface area contributed by atoms with Crippen LogP contribution in [0.5, 0.6) is 17.2 Å². The number of hydrogen-bond donors (Lipinski definition) is 2. The predicted octanol–water partition coefficient (Wildman–Crippen LogP) is 3.39. The van der Waals surface area contributed by atoms with Crippen LogP contribution in [0.25, 0.3) is 0 Å². The second-order valence-electron chi connectivity index (χ2n) is 6.64. The topological polar surface area (TPSA) is 127 Å². The maximum Gasteiger partial charge on any atom is 0.262 e. The van der Waals surface area contributed by atoms with E-state index in [-0.39, 0.29) is 28.6 Å². The zero-order chi connectivity index (χ0) is 23.8. The van der Waals surface area contributed by atoms with Crippen LogP contribution in [0.2, 0.25) is 0 Å². The van der Waals surface area contributed by atoms with Crippen molar-refractivity contribution >= 4 is 27.3 Å². The number of rotatable bonds is 9. The second kappa shape index (κ2) is 10.4. The zero-order valence-electron chi connectivity index (χ0n) is 17.9. The molecule has 0 spiro atoms. The van der Waals surface area contributed by atoms with Gasteiger partial charge in [-0.1, -0.05) is 12.1 Å². The minimum atomic E-state index is -3.99. The first-order valence-electron chi connectivity index (χ1n) is 9.63. The van der Waals surface area contributed by atoms with Crippen LogP contribution < -0.4 is 24.2 Å². The minimum absolute atomic E-state index is 0.0856. The monoisotopic (exact) mass is 467 g/mol. The van der Waals surface area contributed by atoms with Crippen LogP contribution >= 0.6 is 0 Å². The third kappa shape index (κ3) is 5.93. The second-order valence-corrected chi connectivity index (χ2v) is 8.32. The molecule has 0 heterocycles. The molecular formula is C23H21N3O6S. The average Bonchev–Trinajstić information content (AvgIpc) is 2.83. The van der Waals surface area contributed by atoms with Crippen molar-refractivity contribution in [3.05, 3.63) is 72.3 Å². The third-order valence-corrected chi connectivity index (χ3v) is 5.82. The van der Waals surface area contributed by atoms with Crippen LogP contribution in [0.1, 0.15) is 5.56 Å². The van der Waals surface area contributed by atoms with Crippen molar-refractivity contribution in [3.63, 3.8) is 0 Å². The summed E-state index contributed by atoms with van der Waals surface area (Å²) in [6.07, 6.45) is 0. The number of nitrogens with zero attached hydrogens (tertiary/aromatic N) is 1. The Kier molecular flexibility index (Phi) is 7.38. The van der Waals surface area contributed by atoms with Crippen LogP contribution in [0.3, 0.4) is 0 Å². The summed E-state index contributed by atoms with van der Waals surface area (Å²) in [5.41, 5.74) is 0.905. The number of benzene rings is 3. The van der Waals surface area contributed by atoms with Gasteiger partial charge in [0.05, 0.1) is 42.1 Å². The lowest BCUT2D eigenvalue weighted by Crippen LogP contribution is -2.21. The summed E-state index contributed by atoms with van der Waals surface area (Å²) in [5.74, 6) is 0.527. The first-order valence-corrected chi connectivity index (χ1v) is 11.1. The minimum Gasteiger partial charge on any atom is -0.495 e. The summed E-state index contributed by atoms with van der Waals surface area (Å²) in [6, 6.07) is 19.0. The third-order valence-electron chi connectivity index (χ3n) is 4.46. The van der Waals surface area contributed by atoms with Crippen molar-refractivity contribution in [2.75, 3.05) is 30.9 Å². The zero-order valence-corrected chi connectivity index (χ0v) is 18.7. The first kappa shape index (κ1) is 23.4. The highest BCUT2D eigenvalue weighted by Crippen LogP contribution is 2.30. The summed E-state index contributed by atoms with van der Waals surface area (Å²) in [7, 11) is -1.14. The number of ether oxygens (including phenoxy) is 3. The number of carbonyl (C=O) groups excluding carboxylic acids is 1. The van der Waals surface area contributed by atoms with Gasteiger partial charge in [-0.25, -0.2) is 8.42 Å². The number of methoxy groups -OCH3 is 2. The molecule has 0 aliphatic heterocycles. The van der Waals surface area contributed by atoms with E-state index < -0.39 is 15.9 Å². The molecule has 0 radical (unpaired) electrons. The van der Waals surface area contributed by atoms with E-state index in [1.807, 2.05) is 6.07 Å². The van der Waals surface area contributed by atoms with Crippen LogP contribution in [0.4, 0.5) is 11.4 Å². The van der Waals surface area contributed by atoms with Gasteiger partial charge in [-0.15, -0.1) is 0 Å². The molecule has 33 heavy (non-hydrogen) atoms. The van der Waals surface area contributed by atoms with Gasteiger partial charge in [0.25, 0.3) is 15.9 Å². The van der Waals surface area contributed by atoms with E-state index in [1.165, 1.54) is 32.4 Å². The number of carbonyl (C=O) groups is 1. The number of amides is 1. The number of nitriles is 1. The van der Waals surface area contributed by atoms with Gasteiger partial charge in [0.1, 0.15) is 17.2 Å². The summed E-state index contributed by atoms with van der Waals surface area (Å²) < 4.78 is 44.1. The van der Waals surface area contributed by atoms with Crippen molar-refractivity contribution in [1.82, 2.24) is 0 Å². The van der Waals surface area contributed by atoms with E-state index in [4.69, 9.17) is 19.5 Å². The summed E-state index contributed by atoms with van der Waals surface area (Å²) in [4.78, 5) is 12.3. The van der Waals surface area contributed by atoms with E-state index in [0.717, 1.165) is 0 Å². The van der Waals surface area contributed by atoms with Gasteiger partial charge in [0, 0.05) is 0 Å². The highest BCUT2D eigenvalue weighted by atomic mass is 32.2. The van der Waals surface area contributed by atoms with Crippen molar-refractivity contribution < 1.29 is 27.4 Å². The van der Waals surface area contributed by atoms with Crippen LogP contribution in [0, 0.1) is 11.3 Å². The Hall–Kier alpha value is -4.23. The molecule has 0 aliphatic rings. The molecule has 0 saturated heterocycles. The Bertz CT molecular complexity index is 1280. The lowest BCUT2D eigenvalue weighted by Gasteiger charge is -2.15. The van der Waals surface area contributed by atoms with Gasteiger partial charge >= 0.3 is 0 Å². The molecule has 0 saturated carbocycles. The largest absolute Gasteiger partial charge is 0.495 e. The van der Waals surface area contributed by atoms with Crippen molar-refractivity contribution in [2.45, 2.75) is 4.90 Å². The quantitative estimate of drug-likeness (QED) is 0.494. The Balaban J connectivity index is 1.75. The number of sulfonamides is 1. The fourth-order valence-corrected chi connectivity index (χ4v) is 3.94. The SMILES string of the molecule is COc1ccc(S(=O)(=O)Nc2ccccc2OC)cc1NC(=O)COc1ccc(C#N)cc1. The Morgan fingerprint density at radius 3 is 2.27 bits per heavy atom. The number of hydrogen-bond acceptors (Lipinski definition) is 7. The van der Waals surface area contributed by atoms with Crippen LogP contribution in [-0.4, -0.2) is 35.2 Å². The smallest absolute Gasteiger partial charge is 0.262 e. The standard InChI is InChI=1S/C23H21N3O6S/c1-30-21-6-4-3-5-19(21)26-33(28,29)18-11-12-22(31-2)20(13-18)25-23(27)15-32-17-9-7-16(14-24)8-10-17/h3-13,26H,15H2,1-2H3,(H,25,27). The molecule has 0 aromatic heterocycles. The molecule has 170 valence electrons. The molecule has 3 rings (SSSR count). The Labute approximate surface area is 191 Å². The molecule has 9 nitrogen and oxygen atoms in total. The number of anilines is 2. The normalized spacial score (nSPS) is 10.6. The van der Waals surface area contributed by atoms with E-state index in [2.05, 4.69) is 10.0 Å². The highest BCUT2D eigenvalue weighted by Gasteiger charge is 2.19. The number of nitrogens with one attached hydrogen (secondary N) is 2. The van der Waals surface area contributed by atoms with Gasteiger partial charge in [0.15, 0.2) is 6.61 Å². The van der Waals surface area contributed by atoms with Crippen molar-refractivity contribution in [3.8, 4) is 23.3 Å². The van der Waals surface area contributed by atoms with Gasteiger partial charge in [-0.05, 0) is 54.6 Å². The molecule has 0 aliphatic carbocycles. The average molecular weight is 468 g/mol. The summed E-state index contributed by atoms with van der Waals surface area (Å²) in [5, 5.41) is 11.4. The van der Waals surface area contributed by atoms with Gasteiger partial charge in [-0.2, -0.15) is 5.26 Å². The molecule has 0 unspecified atom stereocenters. The highest BCUT2D eigenvalue weighted by molar-refractivity contribution is 7.92. The molecule has 0 fully saturated rings. The molecule has 1 amide bonds. The van der Waals surface area contributed by atoms with Crippen molar-refractivity contribution in [1.29, 1.82) is 5.26 Å². The lowest BCUT2D eigenvalue weighted by atomic mass is 10.2. The molecule has 0 atom stereocenters. The molecular weight excluding hydrogens is 446 g/mol. The molecule has 3 aromatic carbocycles. The maximum atomic E-state index is 12.9. The van der Waals surface area contributed by atoms with Crippen LogP contribution in [0.15, 0.2) is 71.6 Å². The molecule has 10 heteroatoms. The Morgan fingerprint density at radius 1 is 0.939 bits per heavy atom. The molecule has 2 N–H and O–H groups in total. The van der Waals surface area contributed by atoms with Gasteiger partial charge < -0.3 is 19.5 Å². The maximum absolute atomic E-state index is 12.9.